The van der Waals surface area contributed by atoms with Gasteiger partial charge in [0.15, 0.2) is 0 Å². The molecule has 3 heteroatoms. The molecule has 1 aromatic carbocycles. The molecule has 2 rings (SSSR count). The molecular formula is C17H25NO2. The lowest BCUT2D eigenvalue weighted by Crippen LogP contribution is -2.35. The molecule has 3 nitrogen and oxygen atoms in total. The Hall–Kier alpha value is -1.35. The van der Waals surface area contributed by atoms with Gasteiger partial charge in [-0.05, 0) is 51.5 Å². The van der Waals surface area contributed by atoms with E-state index in [1.54, 1.807) is 0 Å². The van der Waals surface area contributed by atoms with Gasteiger partial charge in [-0.1, -0.05) is 30.3 Å². The van der Waals surface area contributed by atoms with E-state index in [2.05, 4.69) is 12.1 Å². The van der Waals surface area contributed by atoms with E-state index in [1.165, 1.54) is 5.56 Å². The van der Waals surface area contributed by atoms with Gasteiger partial charge in [0.25, 0.3) is 0 Å². The predicted octanol–water partition coefficient (Wildman–Crippen LogP) is 2.93. The molecular weight excluding hydrogens is 250 g/mol. The van der Waals surface area contributed by atoms with Crippen molar-refractivity contribution < 1.29 is 9.53 Å². The van der Waals surface area contributed by atoms with E-state index in [0.717, 1.165) is 19.3 Å². The fourth-order valence-electron chi connectivity index (χ4n) is 2.71. The minimum Gasteiger partial charge on any atom is -0.459 e. The minimum atomic E-state index is -0.439. The number of hydrogen-bond acceptors (Lipinski definition) is 3. The highest BCUT2D eigenvalue weighted by atomic mass is 16.6. The van der Waals surface area contributed by atoms with E-state index >= 15 is 0 Å². The Labute approximate surface area is 121 Å². The maximum absolute atomic E-state index is 12.3. The van der Waals surface area contributed by atoms with Gasteiger partial charge in [-0.25, -0.2) is 0 Å². The van der Waals surface area contributed by atoms with Gasteiger partial charge in [-0.2, -0.15) is 0 Å². The molecule has 1 aromatic rings. The van der Waals surface area contributed by atoms with Crippen LogP contribution in [0.5, 0.6) is 0 Å². The van der Waals surface area contributed by atoms with Gasteiger partial charge >= 0.3 is 5.97 Å². The summed E-state index contributed by atoms with van der Waals surface area (Å²) in [5, 5.41) is 0. The third kappa shape index (κ3) is 3.40. The second kappa shape index (κ2) is 5.57. The van der Waals surface area contributed by atoms with Crippen molar-refractivity contribution in [3.05, 3.63) is 35.9 Å². The van der Waals surface area contributed by atoms with Crippen LogP contribution in [-0.4, -0.2) is 18.1 Å². The summed E-state index contributed by atoms with van der Waals surface area (Å²) in [6.45, 7) is 6.09. The number of rotatable bonds is 5. The number of nitrogens with two attached hydrogens (primary N) is 1. The molecule has 0 bridgehead atoms. The summed E-state index contributed by atoms with van der Waals surface area (Å²) in [6, 6.07) is 10.4. The number of aryl methyl sites for hydroxylation is 1. The number of esters is 1. The first kappa shape index (κ1) is 15.0. The number of ether oxygens (including phenoxy) is 1. The predicted molar refractivity (Wildman–Crippen MR) is 80.2 cm³/mol. The molecule has 0 amide bonds. The summed E-state index contributed by atoms with van der Waals surface area (Å²) in [5.41, 5.74) is 6.29. The van der Waals surface area contributed by atoms with E-state index in [0.29, 0.717) is 12.5 Å². The third-order valence-corrected chi connectivity index (χ3v) is 4.03. The lowest BCUT2D eigenvalue weighted by atomic mass is 9.99. The molecule has 2 unspecified atom stereocenters. The summed E-state index contributed by atoms with van der Waals surface area (Å²) < 4.78 is 5.52. The summed E-state index contributed by atoms with van der Waals surface area (Å²) >= 11 is 0. The van der Waals surface area contributed by atoms with E-state index in [1.807, 2.05) is 39.0 Å². The van der Waals surface area contributed by atoms with E-state index in [4.69, 9.17) is 10.5 Å². The van der Waals surface area contributed by atoms with Gasteiger partial charge in [-0.15, -0.1) is 0 Å². The SMILES string of the molecule is CC(C)(C)OC(=O)C1(CN)CC1CCc1ccccc1. The first-order valence-corrected chi connectivity index (χ1v) is 7.35. The molecule has 2 N–H and O–H groups in total. The molecule has 0 spiro atoms. The van der Waals surface area contributed by atoms with Crippen LogP contribution in [0.4, 0.5) is 0 Å². The number of hydrogen-bond donors (Lipinski definition) is 1. The van der Waals surface area contributed by atoms with Crippen LogP contribution in [0.25, 0.3) is 0 Å². The summed E-state index contributed by atoms with van der Waals surface area (Å²) in [6.07, 6.45) is 2.86. The topological polar surface area (TPSA) is 52.3 Å². The maximum Gasteiger partial charge on any atom is 0.314 e. The van der Waals surface area contributed by atoms with Gasteiger partial charge in [0.05, 0.1) is 5.41 Å². The first-order valence-electron chi connectivity index (χ1n) is 7.35. The van der Waals surface area contributed by atoms with E-state index < -0.39 is 11.0 Å². The molecule has 1 saturated carbocycles. The average molecular weight is 275 g/mol. The lowest BCUT2D eigenvalue weighted by molar-refractivity contribution is -0.162. The van der Waals surface area contributed by atoms with Crippen molar-refractivity contribution in [2.24, 2.45) is 17.1 Å². The van der Waals surface area contributed by atoms with Crippen LogP contribution in [0.2, 0.25) is 0 Å². The lowest BCUT2D eigenvalue weighted by Gasteiger charge is -2.24. The highest BCUT2D eigenvalue weighted by Crippen LogP contribution is 2.55. The zero-order chi connectivity index (χ0) is 14.8. The second-order valence-electron chi connectivity index (χ2n) is 6.79. The number of carbonyl (C=O) groups is 1. The van der Waals surface area contributed by atoms with Gasteiger partial charge in [0.2, 0.25) is 0 Å². The molecule has 1 aliphatic rings. The second-order valence-corrected chi connectivity index (χ2v) is 6.79. The van der Waals surface area contributed by atoms with Crippen molar-refractivity contribution in [3.63, 3.8) is 0 Å². The van der Waals surface area contributed by atoms with Gasteiger partial charge in [0, 0.05) is 6.54 Å². The number of benzene rings is 1. The molecule has 0 saturated heterocycles. The minimum absolute atomic E-state index is 0.120. The molecule has 0 aromatic heterocycles. The monoisotopic (exact) mass is 275 g/mol. The summed E-state index contributed by atoms with van der Waals surface area (Å²) in [4.78, 5) is 12.3. The van der Waals surface area contributed by atoms with Crippen LogP contribution in [-0.2, 0) is 16.0 Å². The van der Waals surface area contributed by atoms with Crippen LogP contribution in [0.3, 0.4) is 0 Å². The first-order chi connectivity index (χ1) is 9.37. The molecule has 1 fully saturated rings. The summed E-state index contributed by atoms with van der Waals surface area (Å²) in [7, 11) is 0. The summed E-state index contributed by atoms with van der Waals surface area (Å²) in [5.74, 6) is 0.244. The highest BCUT2D eigenvalue weighted by Gasteiger charge is 2.60. The molecule has 2 atom stereocenters. The molecule has 110 valence electrons. The molecule has 0 heterocycles. The maximum atomic E-state index is 12.3. The van der Waals surface area contributed by atoms with Gasteiger partial charge < -0.3 is 10.5 Å². The average Bonchev–Trinajstić information content (AvgIpc) is 3.11. The van der Waals surface area contributed by atoms with Crippen LogP contribution < -0.4 is 5.73 Å². The fraction of sp³-hybridized carbons (Fsp3) is 0.588. The zero-order valence-electron chi connectivity index (χ0n) is 12.7. The Morgan fingerprint density at radius 1 is 1.35 bits per heavy atom. The van der Waals surface area contributed by atoms with Gasteiger partial charge in [-0.3, -0.25) is 4.79 Å². The standard InChI is InChI=1S/C17H25NO2/c1-16(2,3)20-15(19)17(12-18)11-14(17)10-9-13-7-5-4-6-8-13/h4-8,14H,9-12,18H2,1-3H3. The van der Waals surface area contributed by atoms with Crippen LogP contribution in [0.1, 0.15) is 39.2 Å². The Balaban J connectivity index is 1.91. The Kier molecular flexibility index (Phi) is 4.19. The smallest absolute Gasteiger partial charge is 0.314 e. The Bertz CT molecular complexity index is 464. The highest BCUT2D eigenvalue weighted by molar-refractivity contribution is 5.81. The van der Waals surface area contributed by atoms with Crippen molar-refractivity contribution in [3.8, 4) is 0 Å². The fourth-order valence-corrected chi connectivity index (χ4v) is 2.71. The third-order valence-electron chi connectivity index (χ3n) is 4.03. The van der Waals surface area contributed by atoms with Crippen LogP contribution >= 0.6 is 0 Å². The van der Waals surface area contributed by atoms with Gasteiger partial charge in [0.1, 0.15) is 5.60 Å². The number of carbonyl (C=O) groups excluding carboxylic acids is 1. The molecule has 1 aliphatic carbocycles. The van der Waals surface area contributed by atoms with Crippen LogP contribution in [0.15, 0.2) is 30.3 Å². The van der Waals surface area contributed by atoms with Crippen molar-refractivity contribution >= 4 is 5.97 Å². The largest absolute Gasteiger partial charge is 0.459 e. The Morgan fingerprint density at radius 3 is 2.55 bits per heavy atom. The van der Waals surface area contributed by atoms with E-state index in [-0.39, 0.29) is 5.97 Å². The molecule has 0 aliphatic heterocycles. The molecule has 0 radical (unpaired) electrons. The van der Waals surface area contributed by atoms with Crippen molar-refractivity contribution in [2.75, 3.05) is 6.54 Å². The van der Waals surface area contributed by atoms with Crippen molar-refractivity contribution in [1.29, 1.82) is 0 Å². The quantitative estimate of drug-likeness (QED) is 0.841. The van der Waals surface area contributed by atoms with Crippen molar-refractivity contribution in [1.82, 2.24) is 0 Å². The normalized spacial score (nSPS) is 25.3. The molecule has 20 heavy (non-hydrogen) atoms. The van der Waals surface area contributed by atoms with E-state index in [9.17, 15) is 4.79 Å². The van der Waals surface area contributed by atoms with Crippen molar-refractivity contribution in [2.45, 2.75) is 45.6 Å². The van der Waals surface area contributed by atoms with Crippen LogP contribution in [0, 0.1) is 11.3 Å². The zero-order valence-corrected chi connectivity index (χ0v) is 12.7. The Morgan fingerprint density at radius 2 is 2.00 bits per heavy atom.